The van der Waals surface area contributed by atoms with Crippen LogP contribution in [-0.4, -0.2) is 29.7 Å². The quantitative estimate of drug-likeness (QED) is 0.652. The topological polar surface area (TPSA) is 67.4 Å². The van der Waals surface area contributed by atoms with Crippen LogP contribution in [0.1, 0.15) is 59.4 Å². The Morgan fingerprint density at radius 3 is 2.36 bits per heavy atom. The van der Waals surface area contributed by atoms with Gasteiger partial charge in [-0.1, -0.05) is 35.9 Å². The second-order valence-corrected chi connectivity index (χ2v) is 9.01. The molecule has 0 radical (unpaired) electrons. The number of allylic oxidation sites excluding steroid dienone is 1. The number of benzene rings is 1. The first-order valence-corrected chi connectivity index (χ1v) is 10.1. The van der Waals surface area contributed by atoms with Gasteiger partial charge in [0.05, 0.1) is 5.54 Å². The predicted molar refractivity (Wildman–Crippen MR) is 112 cm³/mol. The molecule has 0 saturated heterocycles. The summed E-state index contributed by atoms with van der Waals surface area (Å²) < 4.78 is 5.30. The van der Waals surface area contributed by atoms with Crippen LogP contribution in [-0.2, 0) is 16.0 Å². The Morgan fingerprint density at radius 1 is 1.14 bits per heavy atom. The van der Waals surface area contributed by atoms with Crippen molar-refractivity contribution in [3.05, 3.63) is 47.5 Å². The van der Waals surface area contributed by atoms with E-state index in [1.165, 1.54) is 5.56 Å². The molecule has 2 N–H and O–H groups in total. The SMILES string of the molecule is C/C(=C\C(=O)NC(C)(CNC(=O)OC(C)(C)C)C1CC1)CCc1ccccc1. The number of carbonyl (C=O) groups is 2. The van der Waals surface area contributed by atoms with Gasteiger partial charge in [-0.2, -0.15) is 0 Å². The van der Waals surface area contributed by atoms with Crippen molar-refractivity contribution in [2.24, 2.45) is 5.92 Å². The highest BCUT2D eigenvalue weighted by Crippen LogP contribution is 2.39. The van der Waals surface area contributed by atoms with Gasteiger partial charge in [0.25, 0.3) is 0 Å². The molecule has 28 heavy (non-hydrogen) atoms. The number of rotatable bonds is 8. The van der Waals surface area contributed by atoms with Crippen molar-refractivity contribution >= 4 is 12.0 Å². The highest BCUT2D eigenvalue weighted by atomic mass is 16.6. The van der Waals surface area contributed by atoms with Crippen molar-refractivity contribution in [2.45, 2.75) is 71.4 Å². The minimum Gasteiger partial charge on any atom is -0.444 e. The normalized spacial score (nSPS) is 16.8. The smallest absolute Gasteiger partial charge is 0.407 e. The summed E-state index contributed by atoms with van der Waals surface area (Å²) in [5.74, 6) is 0.273. The fraction of sp³-hybridized carbons (Fsp3) is 0.565. The Kier molecular flexibility index (Phi) is 7.28. The fourth-order valence-corrected chi connectivity index (χ4v) is 3.18. The number of alkyl carbamates (subject to hydrolysis) is 1. The van der Waals surface area contributed by atoms with E-state index in [2.05, 4.69) is 22.8 Å². The number of amides is 2. The number of nitrogens with one attached hydrogen (secondary N) is 2. The zero-order chi connectivity index (χ0) is 20.8. The van der Waals surface area contributed by atoms with Gasteiger partial charge in [0, 0.05) is 12.6 Å². The van der Waals surface area contributed by atoms with Gasteiger partial charge < -0.3 is 15.4 Å². The second-order valence-electron chi connectivity index (χ2n) is 9.01. The molecule has 5 heteroatoms. The Bertz CT molecular complexity index is 702. The zero-order valence-corrected chi connectivity index (χ0v) is 17.8. The molecule has 0 aliphatic heterocycles. The van der Waals surface area contributed by atoms with Gasteiger partial charge in [-0.25, -0.2) is 4.79 Å². The third-order valence-corrected chi connectivity index (χ3v) is 4.91. The van der Waals surface area contributed by atoms with Crippen molar-refractivity contribution < 1.29 is 14.3 Å². The van der Waals surface area contributed by atoms with Crippen LogP contribution in [0.3, 0.4) is 0 Å². The highest BCUT2D eigenvalue weighted by Gasteiger charge is 2.42. The molecule has 1 aromatic carbocycles. The van der Waals surface area contributed by atoms with Gasteiger partial charge >= 0.3 is 6.09 Å². The summed E-state index contributed by atoms with van der Waals surface area (Å²) in [5, 5.41) is 5.93. The molecule has 1 saturated carbocycles. The molecule has 1 unspecified atom stereocenters. The fourth-order valence-electron chi connectivity index (χ4n) is 3.18. The average molecular weight is 387 g/mol. The van der Waals surface area contributed by atoms with Crippen LogP contribution in [0.5, 0.6) is 0 Å². The summed E-state index contributed by atoms with van der Waals surface area (Å²) in [6, 6.07) is 10.3. The van der Waals surface area contributed by atoms with E-state index in [1.54, 1.807) is 6.08 Å². The highest BCUT2D eigenvalue weighted by molar-refractivity contribution is 5.88. The van der Waals surface area contributed by atoms with E-state index in [-0.39, 0.29) is 5.91 Å². The summed E-state index contributed by atoms with van der Waals surface area (Å²) in [6.07, 6.45) is 5.09. The molecule has 0 spiro atoms. The number of ether oxygens (including phenoxy) is 1. The van der Waals surface area contributed by atoms with Crippen LogP contribution in [0.15, 0.2) is 42.0 Å². The van der Waals surface area contributed by atoms with Crippen LogP contribution in [0.25, 0.3) is 0 Å². The van der Waals surface area contributed by atoms with Crippen LogP contribution in [0.2, 0.25) is 0 Å². The molecule has 1 atom stereocenters. The Labute approximate surface area is 168 Å². The number of aryl methyl sites for hydroxylation is 1. The minimum absolute atomic E-state index is 0.106. The van der Waals surface area contributed by atoms with E-state index in [0.717, 1.165) is 31.3 Å². The number of carbonyl (C=O) groups excluding carboxylic acids is 2. The molecule has 1 fully saturated rings. The molecule has 0 aromatic heterocycles. The van der Waals surface area contributed by atoms with Gasteiger partial charge in [-0.15, -0.1) is 0 Å². The minimum atomic E-state index is -0.540. The van der Waals surface area contributed by atoms with E-state index in [0.29, 0.717) is 12.5 Å². The van der Waals surface area contributed by atoms with Crippen LogP contribution < -0.4 is 10.6 Å². The third-order valence-electron chi connectivity index (χ3n) is 4.91. The lowest BCUT2D eigenvalue weighted by Crippen LogP contribution is -2.55. The van der Waals surface area contributed by atoms with Crippen LogP contribution >= 0.6 is 0 Å². The van der Waals surface area contributed by atoms with Crippen molar-refractivity contribution in [3.8, 4) is 0 Å². The van der Waals surface area contributed by atoms with Gasteiger partial charge in [0.15, 0.2) is 0 Å². The lowest BCUT2D eigenvalue weighted by atomic mass is 9.95. The summed E-state index contributed by atoms with van der Waals surface area (Å²) >= 11 is 0. The maximum atomic E-state index is 12.6. The van der Waals surface area contributed by atoms with E-state index >= 15 is 0 Å². The lowest BCUT2D eigenvalue weighted by Gasteiger charge is -2.31. The lowest BCUT2D eigenvalue weighted by molar-refractivity contribution is -0.118. The second kappa shape index (κ2) is 9.26. The predicted octanol–water partition coefficient (Wildman–Crippen LogP) is 4.38. The largest absolute Gasteiger partial charge is 0.444 e. The molecule has 154 valence electrons. The summed E-state index contributed by atoms with van der Waals surface area (Å²) in [6.45, 7) is 9.82. The Morgan fingerprint density at radius 2 is 1.79 bits per heavy atom. The van der Waals surface area contributed by atoms with Crippen molar-refractivity contribution in [1.82, 2.24) is 10.6 Å². The first-order valence-electron chi connectivity index (χ1n) is 10.1. The van der Waals surface area contributed by atoms with E-state index in [9.17, 15) is 9.59 Å². The summed E-state index contributed by atoms with van der Waals surface area (Å²) in [4.78, 5) is 24.5. The summed E-state index contributed by atoms with van der Waals surface area (Å²) in [5.41, 5.74) is 1.30. The van der Waals surface area contributed by atoms with Crippen LogP contribution in [0, 0.1) is 5.92 Å². The Hall–Kier alpha value is -2.30. The summed E-state index contributed by atoms with van der Waals surface area (Å²) in [7, 11) is 0. The monoisotopic (exact) mass is 386 g/mol. The molecule has 1 aliphatic carbocycles. The number of hydrogen-bond acceptors (Lipinski definition) is 3. The Balaban J connectivity index is 1.87. The molecule has 5 nitrogen and oxygen atoms in total. The van der Waals surface area contributed by atoms with Crippen molar-refractivity contribution in [2.75, 3.05) is 6.54 Å². The zero-order valence-electron chi connectivity index (χ0n) is 17.8. The standard InChI is InChI=1S/C23H34N2O3/c1-17(11-12-18-9-7-6-8-10-18)15-20(26)25-23(5,19-13-14-19)16-24-21(27)28-22(2,3)4/h6-10,15,19H,11-14,16H2,1-5H3,(H,24,27)(H,25,26)/b17-15+. The van der Waals surface area contributed by atoms with Crippen molar-refractivity contribution in [1.29, 1.82) is 0 Å². The first kappa shape index (κ1) is 22.0. The van der Waals surface area contributed by atoms with Gasteiger partial charge in [0.1, 0.15) is 5.60 Å². The third kappa shape index (κ3) is 7.75. The van der Waals surface area contributed by atoms with E-state index in [1.807, 2.05) is 52.8 Å². The van der Waals surface area contributed by atoms with E-state index < -0.39 is 17.2 Å². The molecule has 0 heterocycles. The number of hydrogen-bond donors (Lipinski definition) is 2. The molecule has 1 aromatic rings. The molecule has 2 amide bonds. The van der Waals surface area contributed by atoms with Gasteiger partial charge in [-0.3, -0.25) is 4.79 Å². The molecule has 1 aliphatic rings. The first-order chi connectivity index (χ1) is 13.1. The van der Waals surface area contributed by atoms with Gasteiger partial charge in [0.2, 0.25) is 5.91 Å². The molecule has 2 rings (SSSR count). The van der Waals surface area contributed by atoms with Crippen molar-refractivity contribution in [3.63, 3.8) is 0 Å². The van der Waals surface area contributed by atoms with Gasteiger partial charge in [-0.05, 0) is 71.8 Å². The maximum Gasteiger partial charge on any atom is 0.407 e. The van der Waals surface area contributed by atoms with Crippen LogP contribution in [0.4, 0.5) is 4.79 Å². The molecular weight excluding hydrogens is 352 g/mol. The maximum absolute atomic E-state index is 12.6. The van der Waals surface area contributed by atoms with E-state index in [4.69, 9.17) is 4.74 Å². The average Bonchev–Trinajstić information content (AvgIpc) is 3.43. The molecule has 0 bridgehead atoms. The molecular formula is C23H34N2O3.